The summed E-state index contributed by atoms with van der Waals surface area (Å²) in [5, 5.41) is 0. The van der Waals surface area contributed by atoms with Crippen molar-refractivity contribution in [1.29, 1.82) is 0 Å². The standard InChI is InChI=1S/C9H15N2O/c12-9(11-7-4-8-11)10-5-2-1-3-6-10/h7H,1-6,8H2. The predicted molar refractivity (Wildman–Crippen MR) is 46.4 cm³/mol. The molecular formula is C9H15N2O. The van der Waals surface area contributed by atoms with Crippen molar-refractivity contribution >= 4 is 6.03 Å². The van der Waals surface area contributed by atoms with Crippen LogP contribution in [0.2, 0.25) is 0 Å². The van der Waals surface area contributed by atoms with Crippen LogP contribution in [0, 0.1) is 6.54 Å². The Morgan fingerprint density at radius 2 is 1.75 bits per heavy atom. The fourth-order valence-electron chi connectivity index (χ4n) is 1.70. The van der Waals surface area contributed by atoms with E-state index in [0.29, 0.717) is 0 Å². The maximum Gasteiger partial charge on any atom is 0.320 e. The lowest BCUT2D eigenvalue weighted by molar-refractivity contribution is 0.137. The second-order valence-corrected chi connectivity index (χ2v) is 3.49. The summed E-state index contributed by atoms with van der Waals surface area (Å²) in [6, 6.07) is 0.223. The van der Waals surface area contributed by atoms with Crippen molar-refractivity contribution in [3.05, 3.63) is 6.54 Å². The third kappa shape index (κ3) is 1.40. The quantitative estimate of drug-likeness (QED) is 0.535. The molecule has 2 aliphatic rings. The van der Waals surface area contributed by atoms with Crippen LogP contribution in [0.15, 0.2) is 0 Å². The van der Waals surface area contributed by atoms with Gasteiger partial charge < -0.3 is 9.80 Å². The number of rotatable bonds is 0. The summed E-state index contributed by atoms with van der Waals surface area (Å²) in [7, 11) is 0. The third-order valence-corrected chi connectivity index (χ3v) is 2.59. The maximum atomic E-state index is 11.6. The van der Waals surface area contributed by atoms with Crippen LogP contribution < -0.4 is 0 Å². The summed E-state index contributed by atoms with van der Waals surface area (Å²) in [4.78, 5) is 15.4. The SMILES string of the molecule is O=C(N1[CH]CC1)N1CCCCC1. The first kappa shape index (κ1) is 7.90. The molecule has 2 amide bonds. The molecule has 0 spiro atoms. The zero-order valence-electron chi connectivity index (χ0n) is 7.33. The molecule has 0 aliphatic carbocycles. The van der Waals surface area contributed by atoms with Crippen molar-refractivity contribution in [3.63, 3.8) is 0 Å². The van der Waals surface area contributed by atoms with Crippen LogP contribution >= 0.6 is 0 Å². The molecule has 2 aliphatic heterocycles. The van der Waals surface area contributed by atoms with Gasteiger partial charge in [0.2, 0.25) is 0 Å². The van der Waals surface area contributed by atoms with Crippen LogP contribution in [0.4, 0.5) is 4.79 Å². The minimum atomic E-state index is 0.223. The Kier molecular flexibility index (Phi) is 2.19. The van der Waals surface area contributed by atoms with Gasteiger partial charge >= 0.3 is 6.03 Å². The smallest absolute Gasteiger partial charge is 0.320 e. The van der Waals surface area contributed by atoms with Gasteiger partial charge in [-0.3, -0.25) is 0 Å². The van der Waals surface area contributed by atoms with Crippen molar-refractivity contribution in [2.75, 3.05) is 19.6 Å². The van der Waals surface area contributed by atoms with E-state index < -0.39 is 0 Å². The zero-order valence-corrected chi connectivity index (χ0v) is 7.33. The molecule has 2 fully saturated rings. The van der Waals surface area contributed by atoms with E-state index in [0.717, 1.165) is 26.1 Å². The molecule has 0 bridgehead atoms. The van der Waals surface area contributed by atoms with Crippen LogP contribution in [0.5, 0.6) is 0 Å². The molecule has 0 aromatic rings. The Balaban J connectivity index is 1.84. The second kappa shape index (κ2) is 3.33. The van der Waals surface area contributed by atoms with Gasteiger partial charge in [-0.15, -0.1) is 0 Å². The molecule has 0 atom stereocenters. The van der Waals surface area contributed by atoms with Crippen LogP contribution in [-0.4, -0.2) is 35.5 Å². The van der Waals surface area contributed by atoms with Crippen molar-refractivity contribution in [2.45, 2.75) is 25.7 Å². The number of likely N-dealkylation sites (tertiary alicyclic amines) is 2. The van der Waals surface area contributed by atoms with Gasteiger partial charge in [0.15, 0.2) is 0 Å². The number of carbonyl (C=O) groups excluding carboxylic acids is 1. The first-order valence-corrected chi connectivity index (χ1v) is 4.77. The number of nitrogens with zero attached hydrogens (tertiary/aromatic N) is 2. The Morgan fingerprint density at radius 3 is 2.25 bits per heavy atom. The highest BCUT2D eigenvalue weighted by Crippen LogP contribution is 2.17. The van der Waals surface area contributed by atoms with Crippen molar-refractivity contribution in [2.24, 2.45) is 0 Å². The van der Waals surface area contributed by atoms with E-state index in [9.17, 15) is 4.79 Å². The number of hydrogen-bond donors (Lipinski definition) is 0. The minimum Gasteiger partial charge on any atom is -0.325 e. The first-order valence-electron chi connectivity index (χ1n) is 4.77. The normalized spacial score (nSPS) is 23.7. The highest BCUT2D eigenvalue weighted by molar-refractivity contribution is 5.76. The summed E-state index contributed by atoms with van der Waals surface area (Å²) < 4.78 is 0. The zero-order chi connectivity index (χ0) is 8.39. The van der Waals surface area contributed by atoms with E-state index in [-0.39, 0.29) is 6.03 Å². The molecular weight excluding hydrogens is 152 g/mol. The third-order valence-electron chi connectivity index (χ3n) is 2.59. The largest absolute Gasteiger partial charge is 0.325 e. The average molecular weight is 167 g/mol. The number of urea groups is 1. The van der Waals surface area contributed by atoms with Gasteiger partial charge in [0.1, 0.15) is 0 Å². The number of piperidine rings is 1. The Hall–Kier alpha value is -0.730. The van der Waals surface area contributed by atoms with Crippen LogP contribution in [0.25, 0.3) is 0 Å². The number of hydrogen-bond acceptors (Lipinski definition) is 1. The first-order chi connectivity index (χ1) is 5.88. The van der Waals surface area contributed by atoms with Crippen LogP contribution in [-0.2, 0) is 0 Å². The summed E-state index contributed by atoms with van der Waals surface area (Å²) in [5.41, 5.74) is 0. The lowest BCUT2D eigenvalue weighted by Gasteiger charge is -2.37. The Bertz CT molecular complexity index is 171. The Labute approximate surface area is 73.3 Å². The summed E-state index contributed by atoms with van der Waals surface area (Å²) in [6.07, 6.45) is 4.71. The minimum absolute atomic E-state index is 0.223. The average Bonchev–Trinajstić information content (AvgIpc) is 2.03. The van der Waals surface area contributed by atoms with Gasteiger partial charge in [0.05, 0.1) is 6.54 Å². The summed E-state index contributed by atoms with van der Waals surface area (Å²) in [6.45, 7) is 4.83. The van der Waals surface area contributed by atoms with E-state index in [1.54, 1.807) is 0 Å². The van der Waals surface area contributed by atoms with E-state index in [1.807, 2.05) is 16.3 Å². The molecule has 0 aromatic heterocycles. The topological polar surface area (TPSA) is 23.6 Å². The summed E-state index contributed by atoms with van der Waals surface area (Å²) in [5.74, 6) is 0. The second-order valence-electron chi connectivity index (χ2n) is 3.49. The Morgan fingerprint density at radius 1 is 1.08 bits per heavy atom. The molecule has 12 heavy (non-hydrogen) atoms. The van der Waals surface area contributed by atoms with Gasteiger partial charge in [-0.2, -0.15) is 0 Å². The fraction of sp³-hybridized carbons (Fsp3) is 0.778. The molecule has 2 saturated heterocycles. The monoisotopic (exact) mass is 167 g/mol. The van der Waals surface area contributed by atoms with E-state index >= 15 is 0 Å². The van der Waals surface area contributed by atoms with Crippen LogP contribution in [0.3, 0.4) is 0 Å². The van der Waals surface area contributed by atoms with Gasteiger partial charge in [0, 0.05) is 19.6 Å². The maximum absolute atomic E-state index is 11.6. The molecule has 0 N–H and O–H groups in total. The summed E-state index contributed by atoms with van der Waals surface area (Å²) >= 11 is 0. The molecule has 0 aromatic carbocycles. The predicted octanol–water partition coefficient (Wildman–Crippen LogP) is 1.46. The van der Waals surface area contributed by atoms with E-state index in [2.05, 4.69) is 0 Å². The lowest BCUT2D eigenvalue weighted by atomic mass is 10.1. The van der Waals surface area contributed by atoms with E-state index in [4.69, 9.17) is 0 Å². The fourth-order valence-corrected chi connectivity index (χ4v) is 1.70. The number of amides is 2. The molecule has 0 saturated carbocycles. The lowest BCUT2D eigenvalue weighted by Crippen LogP contribution is -2.48. The van der Waals surface area contributed by atoms with E-state index in [1.165, 1.54) is 19.3 Å². The molecule has 2 heterocycles. The van der Waals surface area contributed by atoms with Gasteiger partial charge in [0.25, 0.3) is 0 Å². The van der Waals surface area contributed by atoms with Gasteiger partial charge in [-0.25, -0.2) is 4.79 Å². The van der Waals surface area contributed by atoms with Crippen LogP contribution in [0.1, 0.15) is 25.7 Å². The number of carbonyl (C=O) groups is 1. The van der Waals surface area contributed by atoms with Gasteiger partial charge in [-0.1, -0.05) is 0 Å². The molecule has 0 unspecified atom stereocenters. The highest BCUT2D eigenvalue weighted by Gasteiger charge is 2.26. The molecule has 1 radical (unpaired) electrons. The molecule has 67 valence electrons. The molecule has 3 heteroatoms. The van der Waals surface area contributed by atoms with Crippen molar-refractivity contribution in [3.8, 4) is 0 Å². The van der Waals surface area contributed by atoms with Gasteiger partial charge in [-0.05, 0) is 25.7 Å². The van der Waals surface area contributed by atoms with Crippen molar-refractivity contribution in [1.82, 2.24) is 9.80 Å². The molecule has 2 rings (SSSR count). The van der Waals surface area contributed by atoms with Crippen molar-refractivity contribution < 1.29 is 4.79 Å². The highest BCUT2D eigenvalue weighted by atomic mass is 16.2. The molecule has 3 nitrogen and oxygen atoms in total.